The summed E-state index contributed by atoms with van der Waals surface area (Å²) in [5, 5.41) is 0. The highest BCUT2D eigenvalue weighted by atomic mass is 17.2. The van der Waals surface area contributed by atoms with Crippen molar-refractivity contribution in [3.05, 3.63) is 0 Å². The molecule has 176 valence electrons. The first-order valence-electron chi connectivity index (χ1n) is 12.6. The normalized spacial score (nSPS) is 45.0. The zero-order chi connectivity index (χ0) is 22.8. The predicted octanol–water partition coefficient (Wildman–Crippen LogP) is 5.38. The maximum atomic E-state index is 12.4. The highest BCUT2D eigenvalue weighted by Crippen LogP contribution is 2.66. The van der Waals surface area contributed by atoms with E-state index < -0.39 is 5.41 Å². The third-order valence-electron chi connectivity index (χ3n) is 9.99. The number of piperidine rings is 1. The third-order valence-corrected chi connectivity index (χ3v) is 9.99. The van der Waals surface area contributed by atoms with Gasteiger partial charge < -0.3 is 4.90 Å². The molecule has 8 atom stereocenters. The van der Waals surface area contributed by atoms with Gasteiger partial charge in [-0.2, -0.15) is 4.89 Å². The number of carbonyl (C=O) groups excluding carboxylic acids is 2. The third kappa shape index (κ3) is 3.54. The smallest absolute Gasteiger partial charge is 0.342 e. The minimum absolute atomic E-state index is 0.0177. The van der Waals surface area contributed by atoms with Gasteiger partial charge in [-0.1, -0.05) is 27.2 Å². The van der Waals surface area contributed by atoms with Crippen molar-refractivity contribution < 1.29 is 19.4 Å². The Balaban J connectivity index is 1.56. The fraction of sp³-hybridized carbons (Fsp3) is 0.923. The van der Waals surface area contributed by atoms with Gasteiger partial charge >= 0.3 is 5.97 Å². The largest absolute Gasteiger partial charge is 0.347 e. The highest BCUT2D eigenvalue weighted by molar-refractivity contribution is 5.77. The predicted molar refractivity (Wildman–Crippen MR) is 120 cm³/mol. The van der Waals surface area contributed by atoms with E-state index in [1.165, 1.54) is 19.3 Å². The van der Waals surface area contributed by atoms with Gasteiger partial charge in [0.1, 0.15) is 6.10 Å². The van der Waals surface area contributed by atoms with Crippen LogP contribution in [0.3, 0.4) is 0 Å². The van der Waals surface area contributed by atoms with Crippen LogP contribution in [0.15, 0.2) is 0 Å². The van der Waals surface area contributed by atoms with E-state index in [-0.39, 0.29) is 22.9 Å². The summed E-state index contributed by atoms with van der Waals surface area (Å²) in [5.41, 5.74) is -0.276. The van der Waals surface area contributed by atoms with Crippen LogP contribution < -0.4 is 0 Å². The van der Waals surface area contributed by atoms with Crippen molar-refractivity contribution in [1.29, 1.82) is 0 Å². The first-order valence-corrected chi connectivity index (χ1v) is 12.6. The second kappa shape index (κ2) is 7.74. The zero-order valence-corrected chi connectivity index (χ0v) is 20.7. The molecule has 0 spiro atoms. The Morgan fingerprint density at radius 2 is 1.81 bits per heavy atom. The fourth-order valence-electron chi connectivity index (χ4n) is 8.07. The van der Waals surface area contributed by atoms with Crippen molar-refractivity contribution in [2.24, 2.45) is 39.9 Å². The van der Waals surface area contributed by atoms with E-state index in [0.29, 0.717) is 42.0 Å². The Labute approximate surface area is 188 Å². The standard InChI is InChI=1S/C26H43NO4/c1-8-16-15-19-17-9-10-20-25(5,14-12-21(28)27(20)7)18(17)11-13-26(19,6)22(16)30-31-23(29)24(2,3)4/h16-20,22H,8-15H2,1-7H3/t16-,17+,18-,19-,20+,22-,25+,26-/m0/s1. The number of fused-ring (bicyclic) bond motifs is 5. The van der Waals surface area contributed by atoms with E-state index in [4.69, 9.17) is 9.78 Å². The van der Waals surface area contributed by atoms with Crippen LogP contribution in [0.2, 0.25) is 0 Å². The van der Waals surface area contributed by atoms with Crippen molar-refractivity contribution in [2.45, 2.75) is 105 Å². The Kier molecular flexibility index (Phi) is 5.76. The minimum Gasteiger partial charge on any atom is -0.342 e. The number of hydrogen-bond acceptors (Lipinski definition) is 4. The first-order chi connectivity index (χ1) is 14.4. The maximum absolute atomic E-state index is 12.4. The Bertz CT molecular complexity index is 729. The second-order valence-electron chi connectivity index (χ2n) is 12.6. The molecule has 5 heteroatoms. The average molecular weight is 434 g/mol. The lowest BCUT2D eigenvalue weighted by molar-refractivity contribution is -0.329. The number of amides is 1. The molecule has 0 unspecified atom stereocenters. The van der Waals surface area contributed by atoms with Gasteiger partial charge in [0.05, 0.1) is 5.41 Å². The number of nitrogens with zero attached hydrogens (tertiary/aromatic N) is 1. The summed E-state index contributed by atoms with van der Waals surface area (Å²) in [6.07, 6.45) is 8.56. The van der Waals surface area contributed by atoms with Crippen LogP contribution in [0, 0.1) is 39.9 Å². The van der Waals surface area contributed by atoms with Gasteiger partial charge in [-0.3, -0.25) is 9.68 Å². The van der Waals surface area contributed by atoms with Crippen molar-refractivity contribution >= 4 is 11.9 Å². The minimum atomic E-state index is -0.560. The number of rotatable bonds is 3. The summed E-state index contributed by atoms with van der Waals surface area (Å²) < 4.78 is 0. The summed E-state index contributed by atoms with van der Waals surface area (Å²) in [6.45, 7) is 12.7. The van der Waals surface area contributed by atoms with E-state index in [1.807, 2.05) is 27.8 Å². The van der Waals surface area contributed by atoms with Crippen LogP contribution in [0.1, 0.15) is 92.9 Å². The molecule has 1 saturated heterocycles. The Morgan fingerprint density at radius 3 is 2.45 bits per heavy atom. The summed E-state index contributed by atoms with van der Waals surface area (Å²) in [6, 6.07) is 0.391. The quantitative estimate of drug-likeness (QED) is 0.443. The topological polar surface area (TPSA) is 55.8 Å². The molecular weight excluding hydrogens is 390 g/mol. The molecule has 0 aromatic carbocycles. The first kappa shape index (κ1) is 23.1. The van der Waals surface area contributed by atoms with Crippen LogP contribution >= 0.6 is 0 Å². The summed E-state index contributed by atoms with van der Waals surface area (Å²) in [4.78, 5) is 38.3. The lowest BCUT2D eigenvalue weighted by atomic mass is 9.47. The molecule has 1 amide bonds. The molecule has 4 fully saturated rings. The molecule has 0 aromatic rings. The molecule has 0 radical (unpaired) electrons. The van der Waals surface area contributed by atoms with E-state index in [9.17, 15) is 9.59 Å². The molecule has 1 aliphatic heterocycles. The van der Waals surface area contributed by atoms with E-state index >= 15 is 0 Å². The van der Waals surface area contributed by atoms with Crippen LogP contribution in [0.4, 0.5) is 0 Å². The zero-order valence-electron chi connectivity index (χ0n) is 20.7. The van der Waals surface area contributed by atoms with Crippen LogP contribution in [-0.2, 0) is 19.4 Å². The monoisotopic (exact) mass is 433 g/mol. The van der Waals surface area contributed by atoms with Gasteiger partial charge in [-0.05, 0) is 88.4 Å². The number of hydrogen-bond donors (Lipinski definition) is 0. The molecule has 0 N–H and O–H groups in total. The molecule has 0 aromatic heterocycles. The van der Waals surface area contributed by atoms with Crippen molar-refractivity contribution in [3.63, 3.8) is 0 Å². The molecule has 0 bridgehead atoms. The van der Waals surface area contributed by atoms with E-state index in [0.717, 1.165) is 25.7 Å². The molecule has 3 aliphatic carbocycles. The fourth-order valence-corrected chi connectivity index (χ4v) is 8.07. The molecule has 3 saturated carbocycles. The van der Waals surface area contributed by atoms with Gasteiger partial charge in [-0.15, -0.1) is 0 Å². The van der Waals surface area contributed by atoms with Crippen molar-refractivity contribution in [1.82, 2.24) is 4.90 Å². The number of carbonyl (C=O) groups is 2. The van der Waals surface area contributed by atoms with Gasteiger partial charge in [0, 0.05) is 24.9 Å². The Hall–Kier alpha value is -1.10. The number of likely N-dealkylation sites (tertiary alicyclic amines) is 1. The average Bonchev–Trinajstić information content (AvgIpc) is 3.00. The second-order valence-corrected chi connectivity index (χ2v) is 12.6. The van der Waals surface area contributed by atoms with Gasteiger partial charge in [0.25, 0.3) is 0 Å². The molecule has 4 rings (SSSR count). The van der Waals surface area contributed by atoms with Gasteiger partial charge in [0.15, 0.2) is 0 Å². The molecule has 31 heavy (non-hydrogen) atoms. The van der Waals surface area contributed by atoms with Crippen molar-refractivity contribution in [2.75, 3.05) is 7.05 Å². The van der Waals surface area contributed by atoms with Crippen LogP contribution in [0.25, 0.3) is 0 Å². The summed E-state index contributed by atoms with van der Waals surface area (Å²) >= 11 is 0. The molecule has 1 heterocycles. The Morgan fingerprint density at radius 1 is 1.10 bits per heavy atom. The molecule has 5 nitrogen and oxygen atoms in total. The van der Waals surface area contributed by atoms with Gasteiger partial charge in [0.2, 0.25) is 5.91 Å². The molecule has 4 aliphatic rings. The van der Waals surface area contributed by atoms with Crippen LogP contribution in [-0.4, -0.2) is 36.0 Å². The molecular formula is C26H43NO4. The lowest BCUT2D eigenvalue weighted by Gasteiger charge is -2.61. The van der Waals surface area contributed by atoms with E-state index in [1.54, 1.807) is 0 Å². The SMILES string of the molecule is CC[C@H]1C[C@H]2[C@@H]3CC[C@H]4N(C)C(=O)CC[C@]4(C)[C@H]3CC[C@]2(C)[C@H]1OOC(=O)C(C)(C)C. The highest BCUT2D eigenvalue weighted by Gasteiger charge is 2.63. The maximum Gasteiger partial charge on any atom is 0.347 e. The van der Waals surface area contributed by atoms with Crippen LogP contribution in [0.5, 0.6) is 0 Å². The van der Waals surface area contributed by atoms with E-state index in [2.05, 4.69) is 25.7 Å². The lowest BCUT2D eigenvalue weighted by Crippen LogP contribution is -2.61. The summed E-state index contributed by atoms with van der Waals surface area (Å²) in [5.74, 6) is 2.43. The van der Waals surface area contributed by atoms with Crippen molar-refractivity contribution in [3.8, 4) is 0 Å². The summed E-state index contributed by atoms with van der Waals surface area (Å²) in [7, 11) is 2.02. The van der Waals surface area contributed by atoms with Gasteiger partial charge in [-0.25, -0.2) is 4.79 Å².